The van der Waals surface area contributed by atoms with Crippen LogP contribution in [0.2, 0.25) is 5.15 Å². The Morgan fingerprint density at radius 2 is 2.06 bits per heavy atom. The van der Waals surface area contributed by atoms with Crippen LogP contribution in [0, 0.1) is 0 Å². The van der Waals surface area contributed by atoms with E-state index in [1.807, 2.05) is 18.4 Å². The molecule has 5 nitrogen and oxygen atoms in total. The Morgan fingerprint density at radius 3 is 2.67 bits per heavy atom. The van der Waals surface area contributed by atoms with Gasteiger partial charge in [0.2, 0.25) is 0 Å². The smallest absolute Gasteiger partial charge is 0.167 e. The van der Waals surface area contributed by atoms with Crippen molar-refractivity contribution < 1.29 is 4.74 Å². The molecule has 98 valence electrons. The Labute approximate surface area is 111 Å². The number of nitrogens with zero attached hydrogens (tertiary/aromatic N) is 4. The molecule has 6 heteroatoms. The molecule has 2 aromatic heterocycles. The minimum Gasteiger partial charge on any atom is -0.359 e. The number of aromatic nitrogens is 4. The molecule has 0 bridgehead atoms. The third-order valence-corrected chi connectivity index (χ3v) is 3.02. The van der Waals surface area contributed by atoms with Crippen molar-refractivity contribution in [1.82, 2.24) is 19.5 Å². The van der Waals surface area contributed by atoms with Gasteiger partial charge in [0.15, 0.2) is 10.8 Å². The number of fused-ring (bicyclic) bond motifs is 1. The maximum Gasteiger partial charge on any atom is 0.167 e. The van der Waals surface area contributed by atoms with Crippen molar-refractivity contribution >= 4 is 22.8 Å². The number of halogens is 1. The molecule has 1 unspecified atom stereocenters. The molecule has 0 fully saturated rings. The summed E-state index contributed by atoms with van der Waals surface area (Å²) in [7, 11) is 0. The topological polar surface area (TPSA) is 52.8 Å². The first-order chi connectivity index (χ1) is 8.56. The summed E-state index contributed by atoms with van der Waals surface area (Å²) in [4.78, 5) is 12.8. The fraction of sp³-hybridized carbons (Fsp3) is 0.583. The van der Waals surface area contributed by atoms with Gasteiger partial charge in [0, 0.05) is 12.5 Å². The molecule has 0 aliphatic carbocycles. The third-order valence-electron chi connectivity index (χ3n) is 2.75. The maximum atomic E-state index is 6.06. The van der Waals surface area contributed by atoms with E-state index in [1.165, 1.54) is 6.33 Å². The molecule has 0 saturated heterocycles. The van der Waals surface area contributed by atoms with Gasteiger partial charge in [0.05, 0.1) is 0 Å². The molecule has 0 aromatic carbocycles. The van der Waals surface area contributed by atoms with Crippen LogP contribution in [0.5, 0.6) is 0 Å². The molecular formula is C12H17ClN4O. The Kier molecular flexibility index (Phi) is 3.82. The molecule has 2 aromatic rings. The Balaban J connectivity index is 2.66. The fourth-order valence-corrected chi connectivity index (χ4v) is 2.15. The van der Waals surface area contributed by atoms with Crippen molar-refractivity contribution in [3.8, 4) is 0 Å². The van der Waals surface area contributed by atoms with Gasteiger partial charge >= 0.3 is 0 Å². The summed E-state index contributed by atoms with van der Waals surface area (Å²) >= 11 is 6.06. The highest BCUT2D eigenvalue weighted by molar-refractivity contribution is 6.33. The molecule has 0 amide bonds. The largest absolute Gasteiger partial charge is 0.359 e. The Hall–Kier alpha value is -1.20. The summed E-state index contributed by atoms with van der Waals surface area (Å²) in [5.41, 5.74) is 1.36. The summed E-state index contributed by atoms with van der Waals surface area (Å²) in [5, 5.41) is 0.379. The van der Waals surface area contributed by atoms with Crippen LogP contribution in [-0.2, 0) is 4.74 Å². The second-order valence-corrected chi connectivity index (χ2v) is 4.74. The zero-order chi connectivity index (χ0) is 13.3. The van der Waals surface area contributed by atoms with E-state index in [9.17, 15) is 0 Å². The lowest BCUT2D eigenvalue weighted by Crippen LogP contribution is -2.14. The quantitative estimate of drug-likeness (QED) is 0.800. The lowest BCUT2D eigenvalue weighted by molar-refractivity contribution is 0.0249. The summed E-state index contributed by atoms with van der Waals surface area (Å²) in [6.07, 6.45) is 1.33. The number of hydrogen-bond acceptors (Lipinski definition) is 4. The van der Waals surface area contributed by atoms with Gasteiger partial charge in [0.1, 0.15) is 23.9 Å². The maximum absolute atomic E-state index is 6.06. The van der Waals surface area contributed by atoms with E-state index in [-0.39, 0.29) is 12.1 Å². The van der Waals surface area contributed by atoms with E-state index in [0.717, 1.165) is 11.5 Å². The zero-order valence-corrected chi connectivity index (χ0v) is 11.8. The van der Waals surface area contributed by atoms with Crippen molar-refractivity contribution in [2.24, 2.45) is 0 Å². The van der Waals surface area contributed by atoms with E-state index in [4.69, 9.17) is 16.3 Å². The van der Waals surface area contributed by atoms with Crippen LogP contribution >= 0.6 is 11.6 Å². The summed E-state index contributed by atoms with van der Waals surface area (Å²) < 4.78 is 7.63. The van der Waals surface area contributed by atoms with Gasteiger partial charge < -0.3 is 4.74 Å². The van der Waals surface area contributed by atoms with E-state index in [2.05, 4.69) is 28.8 Å². The standard InChI is InChI=1S/C12H17ClN4O/c1-5-18-8(4)17-11(7(2)3)16-9-10(13)14-6-15-12(9)17/h6-8H,5H2,1-4H3. The molecule has 1 atom stereocenters. The molecular weight excluding hydrogens is 252 g/mol. The van der Waals surface area contributed by atoms with Crippen LogP contribution in [0.15, 0.2) is 6.33 Å². The van der Waals surface area contributed by atoms with Gasteiger partial charge in [0.25, 0.3) is 0 Å². The van der Waals surface area contributed by atoms with Crippen LogP contribution < -0.4 is 0 Å². The lowest BCUT2D eigenvalue weighted by Gasteiger charge is -2.18. The van der Waals surface area contributed by atoms with Gasteiger partial charge in [-0.2, -0.15) is 0 Å². The number of rotatable bonds is 4. The summed E-state index contributed by atoms with van der Waals surface area (Å²) in [6, 6.07) is 0. The van der Waals surface area contributed by atoms with Crippen molar-refractivity contribution in [2.75, 3.05) is 6.61 Å². The summed E-state index contributed by atoms with van der Waals surface area (Å²) in [5.74, 6) is 1.17. The first-order valence-electron chi connectivity index (χ1n) is 6.06. The second kappa shape index (κ2) is 5.20. The van der Waals surface area contributed by atoms with E-state index >= 15 is 0 Å². The average Bonchev–Trinajstić information content (AvgIpc) is 2.70. The van der Waals surface area contributed by atoms with Gasteiger partial charge in [-0.25, -0.2) is 15.0 Å². The highest BCUT2D eigenvalue weighted by atomic mass is 35.5. The number of imidazole rings is 1. The highest BCUT2D eigenvalue weighted by Gasteiger charge is 2.20. The number of hydrogen-bond donors (Lipinski definition) is 0. The third kappa shape index (κ3) is 2.20. The van der Waals surface area contributed by atoms with Gasteiger partial charge in [-0.1, -0.05) is 25.4 Å². The van der Waals surface area contributed by atoms with Crippen LogP contribution in [0.3, 0.4) is 0 Å². The van der Waals surface area contributed by atoms with E-state index in [0.29, 0.717) is 17.3 Å². The predicted molar refractivity (Wildman–Crippen MR) is 70.8 cm³/mol. The summed E-state index contributed by atoms with van der Waals surface area (Å²) in [6.45, 7) is 8.74. The first kappa shape index (κ1) is 13.2. The molecule has 18 heavy (non-hydrogen) atoms. The van der Waals surface area contributed by atoms with Gasteiger partial charge in [-0.05, 0) is 13.8 Å². The van der Waals surface area contributed by atoms with Crippen molar-refractivity contribution in [3.05, 3.63) is 17.3 Å². The predicted octanol–water partition coefficient (Wildman–Crippen LogP) is 3.16. The van der Waals surface area contributed by atoms with Crippen molar-refractivity contribution in [3.63, 3.8) is 0 Å². The molecule has 0 spiro atoms. The molecule has 0 N–H and O–H groups in total. The first-order valence-corrected chi connectivity index (χ1v) is 6.44. The van der Waals surface area contributed by atoms with E-state index < -0.39 is 0 Å². The van der Waals surface area contributed by atoms with Gasteiger partial charge in [-0.15, -0.1) is 0 Å². The van der Waals surface area contributed by atoms with E-state index in [1.54, 1.807) is 0 Å². The fourth-order valence-electron chi connectivity index (χ4n) is 1.98. The number of ether oxygens (including phenoxy) is 1. The normalized spacial score (nSPS) is 13.4. The average molecular weight is 269 g/mol. The molecule has 2 heterocycles. The molecule has 0 radical (unpaired) electrons. The Morgan fingerprint density at radius 1 is 1.33 bits per heavy atom. The van der Waals surface area contributed by atoms with Crippen molar-refractivity contribution in [1.29, 1.82) is 0 Å². The minimum absolute atomic E-state index is 0.122. The SMILES string of the molecule is CCOC(C)n1c(C(C)C)nc2c(Cl)ncnc21. The molecule has 0 aliphatic rings. The van der Waals surface area contributed by atoms with Crippen LogP contribution in [0.4, 0.5) is 0 Å². The monoisotopic (exact) mass is 268 g/mol. The van der Waals surface area contributed by atoms with Gasteiger partial charge in [-0.3, -0.25) is 4.57 Å². The minimum atomic E-state index is -0.122. The second-order valence-electron chi connectivity index (χ2n) is 4.39. The molecule has 0 aliphatic heterocycles. The molecule has 0 saturated carbocycles. The molecule has 2 rings (SSSR count). The zero-order valence-electron chi connectivity index (χ0n) is 11.0. The lowest BCUT2D eigenvalue weighted by atomic mass is 10.2. The highest BCUT2D eigenvalue weighted by Crippen LogP contribution is 2.27. The van der Waals surface area contributed by atoms with Crippen LogP contribution in [0.1, 0.15) is 45.7 Å². The van der Waals surface area contributed by atoms with Crippen molar-refractivity contribution in [2.45, 2.75) is 39.8 Å². The van der Waals surface area contributed by atoms with Crippen LogP contribution in [0.25, 0.3) is 11.2 Å². The van der Waals surface area contributed by atoms with Crippen LogP contribution in [-0.4, -0.2) is 26.1 Å². The Bertz CT molecular complexity index is 552.